The van der Waals surface area contributed by atoms with Gasteiger partial charge in [-0.3, -0.25) is 4.79 Å². The van der Waals surface area contributed by atoms with Crippen molar-refractivity contribution in [3.8, 4) is 5.75 Å². The Morgan fingerprint density at radius 2 is 1.80 bits per heavy atom. The van der Waals surface area contributed by atoms with Crippen molar-refractivity contribution in [2.45, 2.75) is 20.4 Å². The molecule has 3 aromatic carbocycles. The highest BCUT2D eigenvalue weighted by molar-refractivity contribution is 9.10. The van der Waals surface area contributed by atoms with Crippen LogP contribution in [0.4, 0.5) is 11.4 Å². The summed E-state index contributed by atoms with van der Waals surface area (Å²) in [4.78, 5) is 12.2. The van der Waals surface area contributed by atoms with Gasteiger partial charge in [-0.2, -0.15) is 0 Å². The molecule has 3 aromatic rings. The number of aryl methyl sites for hydroxylation is 2. The van der Waals surface area contributed by atoms with Crippen LogP contribution in [0.25, 0.3) is 0 Å². The number of anilines is 2. The van der Waals surface area contributed by atoms with E-state index in [1.165, 1.54) is 5.56 Å². The highest BCUT2D eigenvalue weighted by Gasteiger charge is 2.08. The molecular formula is C23H21Br2ClN2O2. The van der Waals surface area contributed by atoms with Gasteiger partial charge in [0, 0.05) is 27.4 Å². The van der Waals surface area contributed by atoms with Gasteiger partial charge in [-0.15, -0.1) is 0 Å². The number of nitrogens with one attached hydrogen (secondary N) is 2. The van der Waals surface area contributed by atoms with Crippen LogP contribution in [0.3, 0.4) is 0 Å². The largest absolute Gasteiger partial charge is 0.483 e. The van der Waals surface area contributed by atoms with Crippen LogP contribution in [0, 0.1) is 13.8 Å². The fourth-order valence-electron chi connectivity index (χ4n) is 2.81. The van der Waals surface area contributed by atoms with Crippen molar-refractivity contribution >= 4 is 60.7 Å². The van der Waals surface area contributed by atoms with Gasteiger partial charge in [-0.05, 0) is 88.9 Å². The molecule has 0 aliphatic carbocycles. The fourth-order valence-corrected chi connectivity index (χ4v) is 4.00. The molecular weight excluding hydrogens is 532 g/mol. The normalized spacial score (nSPS) is 10.6. The third kappa shape index (κ3) is 6.24. The summed E-state index contributed by atoms with van der Waals surface area (Å²) in [6, 6.07) is 17.3. The van der Waals surface area contributed by atoms with E-state index in [4.69, 9.17) is 16.3 Å². The molecule has 0 unspecified atom stereocenters. The van der Waals surface area contributed by atoms with Crippen LogP contribution in [-0.4, -0.2) is 12.5 Å². The van der Waals surface area contributed by atoms with Crippen LogP contribution < -0.4 is 15.4 Å². The number of benzene rings is 3. The lowest BCUT2D eigenvalue weighted by Crippen LogP contribution is -2.20. The van der Waals surface area contributed by atoms with E-state index in [1.807, 2.05) is 49.4 Å². The van der Waals surface area contributed by atoms with Crippen molar-refractivity contribution in [1.29, 1.82) is 0 Å². The molecule has 30 heavy (non-hydrogen) atoms. The van der Waals surface area contributed by atoms with Gasteiger partial charge in [0.1, 0.15) is 5.75 Å². The topological polar surface area (TPSA) is 50.4 Å². The van der Waals surface area contributed by atoms with Crippen LogP contribution in [0.2, 0.25) is 5.02 Å². The summed E-state index contributed by atoms with van der Waals surface area (Å²) in [7, 11) is 0. The second-order valence-corrected chi connectivity index (χ2v) is 9.06. The second-order valence-electron chi connectivity index (χ2n) is 6.88. The Kier molecular flexibility index (Phi) is 7.81. The highest BCUT2D eigenvalue weighted by Crippen LogP contribution is 2.27. The van der Waals surface area contributed by atoms with Gasteiger partial charge in [0.15, 0.2) is 6.61 Å². The molecule has 0 atom stereocenters. The van der Waals surface area contributed by atoms with Gasteiger partial charge in [0.25, 0.3) is 5.91 Å². The second kappa shape index (κ2) is 10.3. The number of rotatable bonds is 7. The third-order valence-electron chi connectivity index (χ3n) is 4.48. The Bertz CT molecular complexity index is 1070. The van der Waals surface area contributed by atoms with E-state index in [9.17, 15) is 4.79 Å². The molecule has 156 valence electrons. The standard InChI is InChI=1S/C23H21Br2ClN2O2/c1-14-3-6-18(11-20(14)26)28-23(29)13-30-22-8-4-16(10-19(22)25)12-27-21-7-5-17(24)9-15(21)2/h3-11,27H,12-13H2,1-2H3,(H,28,29). The smallest absolute Gasteiger partial charge is 0.262 e. The summed E-state index contributed by atoms with van der Waals surface area (Å²) in [5.74, 6) is 0.355. The molecule has 0 radical (unpaired) electrons. The van der Waals surface area contributed by atoms with Crippen molar-refractivity contribution in [2.24, 2.45) is 0 Å². The molecule has 0 saturated heterocycles. The lowest BCUT2D eigenvalue weighted by Gasteiger charge is -2.13. The predicted molar refractivity (Wildman–Crippen MR) is 131 cm³/mol. The van der Waals surface area contributed by atoms with Crippen molar-refractivity contribution < 1.29 is 9.53 Å². The first kappa shape index (κ1) is 22.7. The molecule has 4 nitrogen and oxygen atoms in total. The summed E-state index contributed by atoms with van der Waals surface area (Å²) in [6.45, 7) is 4.55. The predicted octanol–water partition coefficient (Wildman–Crippen LogP) is 7.11. The number of carbonyl (C=O) groups is 1. The summed E-state index contributed by atoms with van der Waals surface area (Å²) >= 11 is 13.1. The molecule has 0 bridgehead atoms. The number of hydrogen-bond acceptors (Lipinski definition) is 3. The lowest BCUT2D eigenvalue weighted by atomic mass is 10.1. The van der Waals surface area contributed by atoms with Gasteiger partial charge in [0.2, 0.25) is 0 Å². The average molecular weight is 553 g/mol. The Morgan fingerprint density at radius 3 is 2.50 bits per heavy atom. The van der Waals surface area contributed by atoms with Crippen molar-refractivity contribution in [3.63, 3.8) is 0 Å². The first-order chi connectivity index (χ1) is 14.3. The minimum absolute atomic E-state index is 0.0974. The lowest BCUT2D eigenvalue weighted by molar-refractivity contribution is -0.118. The molecule has 0 aromatic heterocycles. The van der Waals surface area contributed by atoms with Crippen LogP contribution in [0.5, 0.6) is 5.75 Å². The van der Waals surface area contributed by atoms with Gasteiger partial charge in [0.05, 0.1) is 4.47 Å². The third-order valence-corrected chi connectivity index (χ3v) is 6.00. The molecule has 0 spiro atoms. The van der Waals surface area contributed by atoms with E-state index in [2.05, 4.69) is 55.5 Å². The highest BCUT2D eigenvalue weighted by atomic mass is 79.9. The molecule has 7 heteroatoms. The Morgan fingerprint density at radius 1 is 1.00 bits per heavy atom. The van der Waals surface area contributed by atoms with Gasteiger partial charge >= 0.3 is 0 Å². The minimum Gasteiger partial charge on any atom is -0.483 e. The molecule has 0 aliphatic heterocycles. The van der Waals surface area contributed by atoms with E-state index in [0.717, 1.165) is 25.8 Å². The van der Waals surface area contributed by atoms with Crippen LogP contribution in [-0.2, 0) is 11.3 Å². The van der Waals surface area contributed by atoms with Crippen molar-refractivity contribution in [2.75, 3.05) is 17.2 Å². The fraction of sp³-hybridized carbons (Fsp3) is 0.174. The minimum atomic E-state index is -0.252. The zero-order valence-electron chi connectivity index (χ0n) is 16.6. The number of carbonyl (C=O) groups excluding carboxylic acids is 1. The summed E-state index contributed by atoms with van der Waals surface area (Å²) in [5.41, 5.74) is 4.95. The number of amides is 1. The monoisotopic (exact) mass is 550 g/mol. The maximum absolute atomic E-state index is 12.2. The Labute approximate surface area is 198 Å². The SMILES string of the molecule is Cc1ccc(NC(=O)COc2ccc(CNc3ccc(Br)cc3C)cc2Br)cc1Cl. The van der Waals surface area contributed by atoms with Crippen LogP contribution in [0.15, 0.2) is 63.5 Å². The van der Waals surface area contributed by atoms with Crippen LogP contribution >= 0.6 is 43.5 Å². The van der Waals surface area contributed by atoms with Gasteiger partial charge < -0.3 is 15.4 Å². The molecule has 0 saturated carbocycles. The first-order valence-corrected chi connectivity index (χ1v) is 11.3. The number of halogens is 3. The van der Waals surface area contributed by atoms with E-state index in [-0.39, 0.29) is 12.5 Å². The quantitative estimate of drug-likeness (QED) is 0.328. The molecule has 0 heterocycles. The van der Waals surface area contributed by atoms with E-state index < -0.39 is 0 Å². The molecule has 0 aliphatic rings. The molecule has 3 rings (SSSR count). The maximum atomic E-state index is 12.2. The molecule has 0 fully saturated rings. The molecule has 2 N–H and O–H groups in total. The van der Waals surface area contributed by atoms with Gasteiger partial charge in [-0.25, -0.2) is 0 Å². The number of hydrogen-bond donors (Lipinski definition) is 2. The van der Waals surface area contributed by atoms with Crippen LogP contribution in [0.1, 0.15) is 16.7 Å². The number of ether oxygens (including phenoxy) is 1. The average Bonchev–Trinajstić information content (AvgIpc) is 2.69. The zero-order valence-corrected chi connectivity index (χ0v) is 20.5. The zero-order chi connectivity index (χ0) is 21.7. The summed E-state index contributed by atoms with van der Waals surface area (Å²) in [6.07, 6.45) is 0. The van der Waals surface area contributed by atoms with Gasteiger partial charge in [-0.1, -0.05) is 39.7 Å². The molecule has 1 amide bonds. The van der Waals surface area contributed by atoms with Crippen molar-refractivity contribution in [3.05, 3.63) is 85.3 Å². The van der Waals surface area contributed by atoms with Crippen molar-refractivity contribution in [1.82, 2.24) is 0 Å². The van der Waals surface area contributed by atoms with E-state index in [1.54, 1.807) is 6.07 Å². The Hall–Kier alpha value is -2.02. The summed E-state index contributed by atoms with van der Waals surface area (Å²) in [5, 5.41) is 6.82. The summed E-state index contributed by atoms with van der Waals surface area (Å²) < 4.78 is 7.51. The first-order valence-electron chi connectivity index (χ1n) is 9.29. The van der Waals surface area contributed by atoms with E-state index >= 15 is 0 Å². The van der Waals surface area contributed by atoms with E-state index in [0.29, 0.717) is 23.0 Å². The maximum Gasteiger partial charge on any atom is 0.262 e. The Balaban J connectivity index is 1.54.